The van der Waals surface area contributed by atoms with Crippen LogP contribution in [0.5, 0.6) is 0 Å². The van der Waals surface area contributed by atoms with Crippen LogP contribution in [0, 0.1) is 11.3 Å². The van der Waals surface area contributed by atoms with Gasteiger partial charge in [-0.1, -0.05) is 32.1 Å². The topological polar surface area (TPSA) is 66.9 Å². The summed E-state index contributed by atoms with van der Waals surface area (Å²) in [5.74, 6) is 0.301. The van der Waals surface area contributed by atoms with Crippen molar-refractivity contribution in [3.05, 3.63) is 5.01 Å². The van der Waals surface area contributed by atoms with Gasteiger partial charge in [0.1, 0.15) is 5.01 Å². The summed E-state index contributed by atoms with van der Waals surface area (Å²) in [4.78, 5) is 12.3. The molecule has 2 N–H and O–H groups in total. The summed E-state index contributed by atoms with van der Waals surface area (Å²) in [5, 5.41) is 16.2. The molecule has 1 aliphatic heterocycles. The fourth-order valence-electron chi connectivity index (χ4n) is 2.96. The molecular formula is C14H23ClN4OS. The van der Waals surface area contributed by atoms with Gasteiger partial charge in [0.05, 0.1) is 0 Å². The Morgan fingerprint density at radius 1 is 1.33 bits per heavy atom. The van der Waals surface area contributed by atoms with E-state index in [4.69, 9.17) is 0 Å². The quantitative estimate of drug-likeness (QED) is 0.874. The van der Waals surface area contributed by atoms with E-state index in [0.717, 1.165) is 37.4 Å². The maximum Gasteiger partial charge on any atom is 0.229 e. The third-order valence-electron chi connectivity index (χ3n) is 4.40. The number of carbonyl (C=O) groups excluding carboxylic acids is 1. The maximum absolute atomic E-state index is 12.3. The van der Waals surface area contributed by atoms with Crippen LogP contribution in [0.2, 0.25) is 0 Å². The summed E-state index contributed by atoms with van der Waals surface area (Å²) in [5.41, 5.74) is 0.253. The van der Waals surface area contributed by atoms with Crippen LogP contribution in [0.3, 0.4) is 0 Å². The Kier molecular flexibility index (Phi) is 4.61. The lowest BCUT2D eigenvalue weighted by molar-refractivity contribution is -0.118. The van der Waals surface area contributed by atoms with Gasteiger partial charge in [-0.25, -0.2) is 0 Å². The van der Waals surface area contributed by atoms with Crippen LogP contribution >= 0.6 is 23.7 Å². The lowest BCUT2D eigenvalue weighted by atomic mass is 9.92. The van der Waals surface area contributed by atoms with E-state index in [9.17, 15) is 4.79 Å². The second kappa shape index (κ2) is 5.82. The van der Waals surface area contributed by atoms with E-state index in [0.29, 0.717) is 5.13 Å². The van der Waals surface area contributed by atoms with Crippen molar-refractivity contribution in [2.24, 2.45) is 11.3 Å². The molecule has 1 aromatic heterocycles. The van der Waals surface area contributed by atoms with Crippen molar-refractivity contribution < 1.29 is 4.79 Å². The molecule has 1 unspecified atom stereocenters. The summed E-state index contributed by atoms with van der Waals surface area (Å²) in [6.07, 6.45) is 3.27. The highest BCUT2D eigenvalue weighted by Crippen LogP contribution is 2.58. The molecule has 0 bridgehead atoms. The minimum atomic E-state index is -0.0174. The Morgan fingerprint density at radius 3 is 2.57 bits per heavy atom. The molecule has 1 aliphatic carbocycles. The molecule has 1 saturated heterocycles. The van der Waals surface area contributed by atoms with Crippen LogP contribution < -0.4 is 10.6 Å². The summed E-state index contributed by atoms with van der Waals surface area (Å²) in [7, 11) is 0. The number of piperidine rings is 1. The van der Waals surface area contributed by atoms with Crippen molar-refractivity contribution in [1.29, 1.82) is 0 Å². The molecule has 1 amide bonds. The molecule has 1 aromatic rings. The Hall–Kier alpha value is -0.720. The van der Waals surface area contributed by atoms with Crippen LogP contribution in [0.4, 0.5) is 5.13 Å². The number of hydrogen-bond acceptors (Lipinski definition) is 5. The minimum absolute atomic E-state index is 0. The maximum atomic E-state index is 12.3. The average molecular weight is 331 g/mol. The fourth-order valence-corrected chi connectivity index (χ4v) is 3.77. The van der Waals surface area contributed by atoms with Gasteiger partial charge >= 0.3 is 0 Å². The lowest BCUT2D eigenvalue weighted by Gasteiger charge is -2.22. The zero-order valence-corrected chi connectivity index (χ0v) is 14.4. The highest BCUT2D eigenvalue weighted by molar-refractivity contribution is 7.15. The molecule has 1 atom stereocenters. The first kappa shape index (κ1) is 16.6. The Bertz CT molecular complexity index is 519. The second-order valence-electron chi connectivity index (χ2n) is 7.02. The summed E-state index contributed by atoms with van der Waals surface area (Å²) < 4.78 is 0. The van der Waals surface area contributed by atoms with Crippen LogP contribution in [0.25, 0.3) is 0 Å². The zero-order chi connectivity index (χ0) is 14.4. The minimum Gasteiger partial charge on any atom is -0.317 e. The monoisotopic (exact) mass is 330 g/mol. The number of amides is 1. The van der Waals surface area contributed by atoms with Gasteiger partial charge in [0.25, 0.3) is 0 Å². The lowest BCUT2D eigenvalue weighted by Crippen LogP contribution is -2.31. The molecule has 5 nitrogen and oxygen atoms in total. The van der Waals surface area contributed by atoms with Gasteiger partial charge in [0.2, 0.25) is 11.0 Å². The molecule has 1 spiro atoms. The number of aromatic nitrogens is 2. The van der Waals surface area contributed by atoms with Crippen molar-refractivity contribution in [1.82, 2.24) is 15.5 Å². The number of nitrogens with one attached hydrogen (secondary N) is 2. The van der Waals surface area contributed by atoms with Gasteiger partial charge in [0.15, 0.2) is 0 Å². The summed E-state index contributed by atoms with van der Waals surface area (Å²) >= 11 is 1.48. The van der Waals surface area contributed by atoms with Gasteiger partial charge in [-0.2, -0.15) is 0 Å². The molecule has 1 saturated carbocycles. The summed E-state index contributed by atoms with van der Waals surface area (Å²) in [6, 6.07) is 0. The molecule has 3 rings (SSSR count). The van der Waals surface area contributed by atoms with Crippen LogP contribution in [0.15, 0.2) is 0 Å². The smallest absolute Gasteiger partial charge is 0.229 e. The number of halogens is 1. The Labute approximate surface area is 135 Å². The third kappa shape index (κ3) is 3.38. The molecule has 2 fully saturated rings. The number of nitrogens with zero attached hydrogens (tertiary/aromatic N) is 2. The number of anilines is 1. The average Bonchev–Trinajstić information content (AvgIpc) is 2.85. The van der Waals surface area contributed by atoms with Gasteiger partial charge in [-0.15, -0.1) is 22.6 Å². The van der Waals surface area contributed by atoms with Gasteiger partial charge < -0.3 is 10.6 Å². The molecule has 2 heterocycles. The van der Waals surface area contributed by atoms with E-state index < -0.39 is 0 Å². The summed E-state index contributed by atoms with van der Waals surface area (Å²) in [6.45, 7) is 8.38. The molecule has 0 radical (unpaired) electrons. The van der Waals surface area contributed by atoms with E-state index >= 15 is 0 Å². The largest absolute Gasteiger partial charge is 0.317 e. The SMILES string of the molecule is CC(C)(C)c1nnc(NC(=O)C2CC23CCNCC3)s1.Cl. The number of hydrogen-bond donors (Lipinski definition) is 2. The van der Waals surface area contributed by atoms with Crippen LogP contribution in [-0.4, -0.2) is 29.2 Å². The standard InChI is InChI=1S/C14H22N4OS.ClH/c1-13(2,3)11-17-18-12(20-11)16-10(19)9-8-14(9)4-6-15-7-5-14;/h9,15H,4-8H2,1-3H3,(H,16,18,19);1H. The first-order valence-electron chi connectivity index (χ1n) is 7.26. The normalized spacial score (nSPS) is 23.5. The predicted octanol–water partition coefficient (Wildman–Crippen LogP) is 2.59. The van der Waals surface area contributed by atoms with Crippen LogP contribution in [0.1, 0.15) is 45.0 Å². The molecule has 0 aromatic carbocycles. The number of carbonyl (C=O) groups is 1. The van der Waals surface area contributed by atoms with Gasteiger partial charge in [0, 0.05) is 11.3 Å². The van der Waals surface area contributed by atoms with E-state index in [-0.39, 0.29) is 35.1 Å². The molecule has 118 valence electrons. The number of rotatable bonds is 2. The van der Waals surface area contributed by atoms with Crippen molar-refractivity contribution in [2.75, 3.05) is 18.4 Å². The van der Waals surface area contributed by atoms with E-state index in [1.807, 2.05) is 0 Å². The van der Waals surface area contributed by atoms with E-state index in [2.05, 4.69) is 41.6 Å². The predicted molar refractivity (Wildman–Crippen MR) is 87.1 cm³/mol. The zero-order valence-electron chi connectivity index (χ0n) is 12.7. The fraction of sp³-hybridized carbons (Fsp3) is 0.786. The van der Waals surface area contributed by atoms with Crippen molar-refractivity contribution >= 4 is 34.8 Å². The van der Waals surface area contributed by atoms with Crippen molar-refractivity contribution in [3.63, 3.8) is 0 Å². The highest BCUT2D eigenvalue weighted by atomic mass is 35.5. The van der Waals surface area contributed by atoms with Gasteiger partial charge in [-0.05, 0) is 37.8 Å². The molecule has 21 heavy (non-hydrogen) atoms. The first-order valence-corrected chi connectivity index (χ1v) is 8.08. The molecule has 7 heteroatoms. The molecule has 2 aliphatic rings. The first-order chi connectivity index (χ1) is 9.41. The second-order valence-corrected chi connectivity index (χ2v) is 8.00. The van der Waals surface area contributed by atoms with Crippen molar-refractivity contribution in [2.45, 2.75) is 45.4 Å². The Morgan fingerprint density at radius 2 is 2.00 bits per heavy atom. The van der Waals surface area contributed by atoms with Crippen LogP contribution in [-0.2, 0) is 10.2 Å². The van der Waals surface area contributed by atoms with Crippen molar-refractivity contribution in [3.8, 4) is 0 Å². The third-order valence-corrected chi connectivity index (χ3v) is 5.67. The Balaban J connectivity index is 0.00000161. The van der Waals surface area contributed by atoms with E-state index in [1.54, 1.807) is 0 Å². The van der Waals surface area contributed by atoms with E-state index in [1.165, 1.54) is 11.3 Å². The van der Waals surface area contributed by atoms with Gasteiger partial charge in [-0.3, -0.25) is 4.79 Å². The highest BCUT2D eigenvalue weighted by Gasteiger charge is 2.57. The molecular weight excluding hydrogens is 308 g/mol.